The summed E-state index contributed by atoms with van der Waals surface area (Å²) < 4.78 is 0. The molecule has 1 rings (SSSR count). The molecule has 0 spiro atoms. The van der Waals surface area contributed by atoms with Crippen molar-refractivity contribution in [2.75, 3.05) is 13.1 Å². The van der Waals surface area contributed by atoms with Gasteiger partial charge in [0.25, 0.3) is 0 Å². The van der Waals surface area contributed by atoms with Crippen LogP contribution in [0.4, 0.5) is 0 Å². The highest BCUT2D eigenvalue weighted by atomic mass is 16.2. The predicted molar refractivity (Wildman–Crippen MR) is 76.6 cm³/mol. The second kappa shape index (κ2) is 6.04. The van der Waals surface area contributed by atoms with Crippen molar-refractivity contribution >= 4 is 11.8 Å². The van der Waals surface area contributed by atoms with Gasteiger partial charge in [0.15, 0.2) is 0 Å². The summed E-state index contributed by atoms with van der Waals surface area (Å²) in [4.78, 5) is 25.5. The number of rotatable bonds is 3. The lowest BCUT2D eigenvalue weighted by Crippen LogP contribution is -2.48. The van der Waals surface area contributed by atoms with Crippen LogP contribution in [0.3, 0.4) is 0 Å². The average molecular weight is 264 g/mol. The molecule has 1 N–H and O–H groups in total. The largest absolute Gasteiger partial charge is 0.346 e. The Morgan fingerprint density at radius 3 is 2.21 bits per heavy atom. The number of hydrogen-bond donors (Lipinski definition) is 1. The highest BCUT2D eigenvalue weighted by Gasteiger charge is 2.36. The van der Waals surface area contributed by atoms with Crippen molar-refractivity contribution in [1.82, 2.24) is 10.2 Å². The summed E-state index contributed by atoms with van der Waals surface area (Å²) in [7, 11) is 0. The fraction of sp³-hybridized carbons (Fsp3) is 0.600. The zero-order valence-corrected chi connectivity index (χ0v) is 12.5. The summed E-state index contributed by atoms with van der Waals surface area (Å²) in [5.41, 5.74) is 1.64. The number of likely N-dealkylation sites (tertiary alicyclic amines) is 1. The molecule has 0 radical (unpaired) electrons. The summed E-state index contributed by atoms with van der Waals surface area (Å²) >= 11 is 0. The van der Waals surface area contributed by atoms with Crippen LogP contribution < -0.4 is 5.32 Å². The summed E-state index contributed by atoms with van der Waals surface area (Å²) in [6.45, 7) is 10.8. The molecule has 0 saturated carbocycles. The van der Waals surface area contributed by atoms with Gasteiger partial charge >= 0.3 is 0 Å². The molecule has 0 aliphatic carbocycles. The van der Waals surface area contributed by atoms with Crippen molar-refractivity contribution in [1.29, 1.82) is 0 Å². The Morgan fingerprint density at radius 1 is 1.11 bits per heavy atom. The SMILES string of the molecule is CC(C)=CC(=O)N[C@@]1(C)CCN(C(=O)C=C(C)C)C1. The van der Waals surface area contributed by atoms with E-state index in [1.54, 1.807) is 17.1 Å². The van der Waals surface area contributed by atoms with Crippen LogP contribution in [0.2, 0.25) is 0 Å². The molecule has 4 nitrogen and oxygen atoms in total. The van der Waals surface area contributed by atoms with Gasteiger partial charge in [-0.2, -0.15) is 0 Å². The first-order valence-corrected chi connectivity index (χ1v) is 6.63. The maximum Gasteiger partial charge on any atom is 0.246 e. The molecule has 1 heterocycles. The summed E-state index contributed by atoms with van der Waals surface area (Å²) in [6, 6.07) is 0. The van der Waals surface area contributed by atoms with E-state index in [-0.39, 0.29) is 17.4 Å². The molecule has 4 heteroatoms. The van der Waals surface area contributed by atoms with Crippen molar-refractivity contribution in [2.24, 2.45) is 0 Å². The molecule has 106 valence electrons. The molecule has 0 aromatic rings. The molecular formula is C15H24N2O2. The standard InChI is InChI=1S/C15H24N2O2/c1-11(2)8-13(18)16-15(5)6-7-17(10-15)14(19)9-12(3)4/h8-9H,6-7,10H2,1-5H3,(H,16,18)/t15-/m0/s1. The Hall–Kier alpha value is -1.58. The second-order valence-electron chi connectivity index (χ2n) is 6.00. The van der Waals surface area contributed by atoms with Gasteiger partial charge in [0.1, 0.15) is 0 Å². The Labute approximate surface area is 115 Å². The van der Waals surface area contributed by atoms with Crippen LogP contribution in [-0.2, 0) is 9.59 Å². The van der Waals surface area contributed by atoms with Gasteiger partial charge in [0, 0.05) is 25.2 Å². The molecule has 1 aliphatic heterocycles. The lowest BCUT2D eigenvalue weighted by molar-refractivity contribution is -0.126. The van der Waals surface area contributed by atoms with E-state index in [1.807, 2.05) is 34.6 Å². The smallest absolute Gasteiger partial charge is 0.246 e. The monoisotopic (exact) mass is 264 g/mol. The average Bonchev–Trinajstić information content (AvgIpc) is 2.57. The fourth-order valence-electron chi connectivity index (χ4n) is 2.19. The lowest BCUT2D eigenvalue weighted by atomic mass is 10.0. The fourth-order valence-corrected chi connectivity index (χ4v) is 2.19. The van der Waals surface area contributed by atoms with E-state index in [9.17, 15) is 9.59 Å². The first-order valence-electron chi connectivity index (χ1n) is 6.63. The maximum atomic E-state index is 11.9. The number of nitrogens with zero attached hydrogens (tertiary/aromatic N) is 1. The molecule has 1 atom stereocenters. The first-order chi connectivity index (χ1) is 8.72. The van der Waals surface area contributed by atoms with Crippen molar-refractivity contribution in [3.8, 4) is 0 Å². The first kappa shape index (κ1) is 15.5. The molecule has 0 unspecified atom stereocenters. The van der Waals surface area contributed by atoms with Crippen molar-refractivity contribution < 1.29 is 9.59 Å². The molecule has 0 bridgehead atoms. The molecule has 0 aromatic heterocycles. The minimum absolute atomic E-state index is 0.0280. The Kier molecular flexibility index (Phi) is 4.92. The van der Waals surface area contributed by atoms with Gasteiger partial charge in [-0.05, 0) is 41.0 Å². The summed E-state index contributed by atoms with van der Waals surface area (Å²) in [5, 5.41) is 2.99. The molecular weight excluding hydrogens is 240 g/mol. The van der Waals surface area contributed by atoms with E-state index in [4.69, 9.17) is 0 Å². The highest BCUT2D eigenvalue weighted by molar-refractivity contribution is 5.90. The van der Waals surface area contributed by atoms with Gasteiger partial charge in [-0.25, -0.2) is 0 Å². The Balaban J connectivity index is 2.64. The van der Waals surface area contributed by atoms with E-state index < -0.39 is 0 Å². The zero-order chi connectivity index (χ0) is 14.6. The van der Waals surface area contributed by atoms with Crippen LogP contribution in [-0.4, -0.2) is 35.3 Å². The summed E-state index contributed by atoms with van der Waals surface area (Å²) in [5.74, 6) is -0.0563. The molecule has 1 fully saturated rings. The maximum absolute atomic E-state index is 11.9. The zero-order valence-electron chi connectivity index (χ0n) is 12.5. The van der Waals surface area contributed by atoms with Gasteiger partial charge in [0.05, 0.1) is 5.54 Å². The Morgan fingerprint density at radius 2 is 1.68 bits per heavy atom. The van der Waals surface area contributed by atoms with Crippen LogP contribution in [0.5, 0.6) is 0 Å². The van der Waals surface area contributed by atoms with E-state index in [2.05, 4.69) is 5.32 Å². The van der Waals surface area contributed by atoms with Crippen LogP contribution >= 0.6 is 0 Å². The highest BCUT2D eigenvalue weighted by Crippen LogP contribution is 2.21. The topological polar surface area (TPSA) is 49.4 Å². The number of nitrogens with one attached hydrogen (secondary N) is 1. The van der Waals surface area contributed by atoms with Crippen molar-refractivity contribution in [3.63, 3.8) is 0 Å². The lowest BCUT2D eigenvalue weighted by Gasteiger charge is -2.25. The van der Waals surface area contributed by atoms with E-state index >= 15 is 0 Å². The van der Waals surface area contributed by atoms with E-state index in [1.165, 1.54) is 0 Å². The quantitative estimate of drug-likeness (QED) is 0.793. The Bertz CT molecular complexity index is 429. The van der Waals surface area contributed by atoms with Crippen LogP contribution in [0.15, 0.2) is 23.3 Å². The third-order valence-electron chi connectivity index (χ3n) is 3.04. The minimum Gasteiger partial charge on any atom is -0.346 e. The number of allylic oxidation sites excluding steroid dienone is 2. The second-order valence-corrected chi connectivity index (χ2v) is 6.00. The summed E-state index contributed by atoms with van der Waals surface area (Å²) in [6.07, 6.45) is 4.02. The van der Waals surface area contributed by atoms with Crippen molar-refractivity contribution in [3.05, 3.63) is 23.3 Å². The number of amides is 2. The number of carbonyl (C=O) groups is 2. The van der Waals surface area contributed by atoms with Crippen LogP contribution in [0, 0.1) is 0 Å². The molecule has 1 saturated heterocycles. The van der Waals surface area contributed by atoms with Gasteiger partial charge in [-0.1, -0.05) is 11.1 Å². The molecule has 2 amide bonds. The molecule has 1 aliphatic rings. The number of hydrogen-bond acceptors (Lipinski definition) is 2. The van der Waals surface area contributed by atoms with Crippen LogP contribution in [0.25, 0.3) is 0 Å². The molecule has 0 aromatic carbocycles. The van der Waals surface area contributed by atoms with Gasteiger partial charge in [-0.3, -0.25) is 9.59 Å². The van der Waals surface area contributed by atoms with E-state index in [0.717, 1.165) is 17.6 Å². The minimum atomic E-state index is -0.325. The van der Waals surface area contributed by atoms with Crippen molar-refractivity contribution in [2.45, 2.75) is 46.6 Å². The van der Waals surface area contributed by atoms with Crippen LogP contribution in [0.1, 0.15) is 41.0 Å². The normalized spacial score (nSPS) is 21.8. The molecule has 19 heavy (non-hydrogen) atoms. The van der Waals surface area contributed by atoms with E-state index in [0.29, 0.717) is 13.1 Å². The third-order valence-corrected chi connectivity index (χ3v) is 3.04. The predicted octanol–water partition coefficient (Wildman–Crippen LogP) is 2.03. The van der Waals surface area contributed by atoms with Gasteiger partial charge < -0.3 is 10.2 Å². The number of carbonyl (C=O) groups excluding carboxylic acids is 2. The van der Waals surface area contributed by atoms with Gasteiger partial charge in [0.2, 0.25) is 11.8 Å². The van der Waals surface area contributed by atoms with Gasteiger partial charge in [-0.15, -0.1) is 0 Å². The third kappa shape index (κ3) is 4.89.